The highest BCUT2D eigenvalue weighted by Gasteiger charge is 2.62. The smallest absolute Gasteiger partial charge is 0.407 e. The lowest BCUT2D eigenvalue weighted by molar-refractivity contribution is -0.142. The van der Waals surface area contributed by atoms with E-state index in [1.54, 1.807) is 12.3 Å². The van der Waals surface area contributed by atoms with E-state index in [0.717, 1.165) is 41.7 Å². The molecule has 3 aliphatic heterocycles. The third-order valence-electron chi connectivity index (χ3n) is 10.4. The summed E-state index contributed by atoms with van der Waals surface area (Å²) in [6.45, 7) is 3.26. The maximum atomic E-state index is 14.6. The second kappa shape index (κ2) is 14.7. The normalized spacial score (nSPS) is 28.0. The summed E-state index contributed by atoms with van der Waals surface area (Å²) in [7, 11) is -3.95. The minimum Gasteiger partial charge on any atom is -0.472 e. The van der Waals surface area contributed by atoms with Gasteiger partial charge in [-0.15, -0.1) is 5.73 Å². The molecular formula is C37H42N6O9S. The van der Waals surface area contributed by atoms with Gasteiger partial charge in [-0.3, -0.25) is 23.9 Å². The zero-order chi connectivity index (χ0) is 37.3. The Bertz CT molecular complexity index is 2030. The molecule has 0 radical (unpaired) electrons. The van der Waals surface area contributed by atoms with Gasteiger partial charge in [-0.05, 0) is 86.3 Å². The van der Waals surface area contributed by atoms with Crippen LogP contribution in [0.15, 0.2) is 61.0 Å². The summed E-state index contributed by atoms with van der Waals surface area (Å²) >= 11 is 0. The summed E-state index contributed by atoms with van der Waals surface area (Å²) in [6.07, 6.45) is 8.08. The van der Waals surface area contributed by atoms with Crippen molar-refractivity contribution in [2.45, 2.75) is 80.3 Å². The molecule has 1 aromatic carbocycles. The van der Waals surface area contributed by atoms with E-state index in [2.05, 4.69) is 32.6 Å². The number of aromatic nitrogens is 1. The Morgan fingerprint density at radius 1 is 1.11 bits per heavy atom. The molecule has 16 heteroatoms. The molecule has 280 valence electrons. The van der Waals surface area contributed by atoms with Gasteiger partial charge in [0.1, 0.15) is 23.7 Å². The summed E-state index contributed by atoms with van der Waals surface area (Å²) < 4.78 is 39.7. The van der Waals surface area contributed by atoms with Crippen LogP contribution in [0.5, 0.6) is 5.88 Å². The Morgan fingerprint density at radius 3 is 2.74 bits per heavy atom. The van der Waals surface area contributed by atoms with Gasteiger partial charge in [0.05, 0.1) is 24.9 Å². The quantitative estimate of drug-likeness (QED) is 0.306. The number of hydrogen-bond acceptors (Lipinski definition) is 10. The predicted octanol–water partition coefficient (Wildman–Crippen LogP) is 1.63. The highest BCUT2D eigenvalue weighted by molar-refractivity contribution is 7.91. The summed E-state index contributed by atoms with van der Waals surface area (Å²) in [5.74, 6) is -3.10. The molecule has 53 heavy (non-hydrogen) atoms. The summed E-state index contributed by atoms with van der Waals surface area (Å²) in [4.78, 5) is 75.7. The van der Waals surface area contributed by atoms with Crippen molar-refractivity contribution in [2.75, 3.05) is 26.2 Å². The number of ether oxygens (including phenoxy) is 2. The first-order valence-electron chi connectivity index (χ1n) is 18.0. The molecule has 7 rings (SSSR count). The Kier molecular flexibility index (Phi) is 10.0. The number of amides is 5. The van der Waals surface area contributed by atoms with Crippen LogP contribution in [0.4, 0.5) is 4.79 Å². The van der Waals surface area contributed by atoms with Crippen molar-refractivity contribution in [1.82, 2.24) is 30.1 Å². The number of sulfonamides is 1. The number of nitrogens with zero attached hydrogens (tertiary/aromatic N) is 3. The number of fused-ring (bicyclic) bond motifs is 4. The van der Waals surface area contributed by atoms with Gasteiger partial charge in [0.2, 0.25) is 33.6 Å². The highest BCUT2D eigenvalue weighted by Crippen LogP contribution is 2.46. The molecule has 2 aromatic rings. The van der Waals surface area contributed by atoms with Gasteiger partial charge >= 0.3 is 6.09 Å². The Labute approximate surface area is 306 Å². The van der Waals surface area contributed by atoms with E-state index in [9.17, 15) is 32.4 Å². The van der Waals surface area contributed by atoms with E-state index in [1.165, 1.54) is 15.9 Å². The molecule has 3 N–H and O–H groups in total. The van der Waals surface area contributed by atoms with Gasteiger partial charge in [0.25, 0.3) is 5.91 Å². The fourth-order valence-corrected chi connectivity index (χ4v) is 8.56. The third-order valence-corrected chi connectivity index (χ3v) is 12.3. The summed E-state index contributed by atoms with van der Waals surface area (Å²) in [5, 5.41) is 6.41. The average Bonchev–Trinajstić information content (AvgIpc) is 4.06. The van der Waals surface area contributed by atoms with Crippen LogP contribution in [0.3, 0.4) is 0 Å². The van der Waals surface area contributed by atoms with Crippen molar-refractivity contribution in [3.63, 3.8) is 0 Å². The lowest BCUT2D eigenvalue weighted by Crippen LogP contribution is -2.60. The van der Waals surface area contributed by atoms with E-state index in [1.807, 2.05) is 24.3 Å². The minimum absolute atomic E-state index is 0.0136. The molecule has 0 unspecified atom stereocenters. The molecule has 3 fully saturated rings. The van der Waals surface area contributed by atoms with Crippen molar-refractivity contribution >= 4 is 50.5 Å². The van der Waals surface area contributed by atoms with Gasteiger partial charge in [-0.25, -0.2) is 18.2 Å². The highest BCUT2D eigenvalue weighted by atomic mass is 32.2. The fraction of sp³-hybridized carbons (Fsp3) is 0.486. The summed E-state index contributed by atoms with van der Waals surface area (Å²) in [6, 6.07) is 5.35. The van der Waals surface area contributed by atoms with Crippen LogP contribution >= 0.6 is 0 Å². The number of pyridine rings is 1. The number of hydrogen-bond donors (Lipinski definition) is 3. The second-order valence-electron chi connectivity index (χ2n) is 14.2. The van der Waals surface area contributed by atoms with E-state index in [-0.39, 0.29) is 39.1 Å². The zero-order valence-electron chi connectivity index (χ0n) is 29.1. The first kappa shape index (κ1) is 36.2. The van der Waals surface area contributed by atoms with Crippen LogP contribution in [0.2, 0.25) is 0 Å². The molecule has 0 spiro atoms. The number of benzene rings is 1. The fourth-order valence-electron chi connectivity index (χ4n) is 7.20. The third kappa shape index (κ3) is 7.79. The van der Waals surface area contributed by atoms with E-state index < -0.39 is 74.6 Å². The number of cyclic esters (lactones) is 1. The van der Waals surface area contributed by atoms with Crippen LogP contribution in [0.25, 0.3) is 10.8 Å². The van der Waals surface area contributed by atoms with E-state index >= 15 is 0 Å². The number of alkyl carbamates (subject to hydrolysis) is 1. The van der Waals surface area contributed by atoms with Gasteiger partial charge < -0.3 is 29.9 Å². The lowest BCUT2D eigenvalue weighted by Gasteiger charge is -2.32. The number of nitrogens with one attached hydrogen (secondary N) is 3. The van der Waals surface area contributed by atoms with Crippen molar-refractivity contribution < 1.29 is 41.9 Å². The number of carbonyl (C=O) groups excluding carboxylic acids is 5. The first-order chi connectivity index (χ1) is 25.5. The van der Waals surface area contributed by atoms with Crippen molar-refractivity contribution in [2.24, 2.45) is 5.92 Å². The molecule has 2 aliphatic carbocycles. The van der Waals surface area contributed by atoms with Crippen LogP contribution in [0, 0.1) is 5.92 Å². The standard InChI is InChI=1S/C37H42N6O9S/c1-2-31(44)42-16-6-5-9-25-20-37(25,35(47)41-53(49,50)27-12-13-27)40-32(45)30-19-26-21-43(30)34(46)29(22-42)39-36(48)51-17-7-3-4-8-23-10-11-24-14-15-38-33(52-26)28(24)18-23/h2,6,9-11,14-15,18,25-27,29-30H,1,3-4,7-8,12-13,16-17,19-22H2,(H,39,48)(H,40,45)(H,41,47)/t5?,25-,26-,29+,30+,37-/m1/s1. The molecule has 4 heterocycles. The molecular weight excluding hydrogens is 705 g/mol. The Hall–Kier alpha value is -5.21. The van der Waals surface area contributed by atoms with Gasteiger partial charge in [-0.2, -0.15) is 0 Å². The molecule has 5 bridgehead atoms. The predicted molar refractivity (Wildman–Crippen MR) is 191 cm³/mol. The monoisotopic (exact) mass is 746 g/mol. The minimum atomic E-state index is -3.95. The summed E-state index contributed by atoms with van der Waals surface area (Å²) in [5.41, 5.74) is 2.39. The van der Waals surface area contributed by atoms with Crippen molar-refractivity contribution in [1.29, 1.82) is 0 Å². The van der Waals surface area contributed by atoms with Crippen molar-refractivity contribution in [3.05, 3.63) is 66.6 Å². The lowest BCUT2D eigenvalue weighted by atomic mass is 10.0. The largest absolute Gasteiger partial charge is 0.472 e. The second-order valence-corrected chi connectivity index (χ2v) is 16.2. The molecule has 5 aliphatic rings. The Balaban J connectivity index is 1.27. The molecule has 5 amide bonds. The molecule has 5 atom stereocenters. The van der Waals surface area contributed by atoms with Gasteiger partial charge in [0.15, 0.2) is 0 Å². The molecule has 1 aromatic heterocycles. The average molecular weight is 747 g/mol. The first-order valence-corrected chi connectivity index (χ1v) is 19.5. The number of rotatable bonds is 4. The Morgan fingerprint density at radius 2 is 1.94 bits per heavy atom. The van der Waals surface area contributed by atoms with Crippen LogP contribution < -0.4 is 20.1 Å². The van der Waals surface area contributed by atoms with Gasteiger partial charge in [0, 0.05) is 30.5 Å². The SMILES string of the molecule is C=CC(=O)N1CC=C=C[C@@H]2C[C@@]2(C(=O)NS(=O)(=O)C2CC2)NC(=O)[C@@H]2C[C@@H]3CN2C(=O)[C@H](C1)NC(=O)OCCCCCc1ccc2ccnc(c2c1)O3. The van der Waals surface area contributed by atoms with Crippen LogP contribution in [-0.2, 0) is 40.4 Å². The van der Waals surface area contributed by atoms with E-state index in [4.69, 9.17) is 9.47 Å². The zero-order valence-corrected chi connectivity index (χ0v) is 29.9. The van der Waals surface area contributed by atoms with Crippen LogP contribution in [0.1, 0.15) is 50.5 Å². The number of aryl methyl sites for hydroxylation is 1. The molecule has 15 nitrogen and oxygen atoms in total. The van der Waals surface area contributed by atoms with Gasteiger partial charge in [-0.1, -0.05) is 18.7 Å². The van der Waals surface area contributed by atoms with Crippen molar-refractivity contribution in [3.8, 4) is 5.88 Å². The van der Waals surface area contributed by atoms with E-state index in [0.29, 0.717) is 25.1 Å². The maximum absolute atomic E-state index is 14.6. The molecule has 1 saturated heterocycles. The topological polar surface area (TPSA) is 193 Å². The van der Waals surface area contributed by atoms with Crippen LogP contribution in [-0.4, -0.2) is 108 Å². The molecule has 2 saturated carbocycles. The maximum Gasteiger partial charge on any atom is 0.407 e. The number of carbonyl (C=O) groups is 5.